The Kier molecular flexibility index (Phi) is 4.27. The van der Waals surface area contributed by atoms with E-state index in [1.807, 2.05) is 13.1 Å². The minimum absolute atomic E-state index is 0.172. The molecule has 0 saturated heterocycles. The van der Waals surface area contributed by atoms with Crippen LogP contribution < -0.4 is 5.32 Å². The zero-order valence-corrected chi connectivity index (χ0v) is 12.3. The number of aromatic nitrogens is 2. The summed E-state index contributed by atoms with van der Waals surface area (Å²) in [6.07, 6.45) is 7.20. The first-order valence-electron chi connectivity index (χ1n) is 7.27. The van der Waals surface area contributed by atoms with Crippen molar-refractivity contribution in [3.8, 4) is 0 Å². The molecule has 4 nitrogen and oxygen atoms in total. The highest BCUT2D eigenvalue weighted by atomic mass is 16.1. The number of carbonyl (C=O) groups excluding carboxylic acids is 1. The summed E-state index contributed by atoms with van der Waals surface area (Å²) in [4.78, 5) is 12.2. The minimum Gasteiger partial charge on any atom is -0.356 e. The number of rotatable bonds is 5. The normalized spacial score (nSPS) is 21.5. The van der Waals surface area contributed by atoms with Gasteiger partial charge in [0, 0.05) is 18.2 Å². The summed E-state index contributed by atoms with van der Waals surface area (Å²) >= 11 is 0. The van der Waals surface area contributed by atoms with Gasteiger partial charge in [-0.2, -0.15) is 5.10 Å². The zero-order chi connectivity index (χ0) is 13.9. The molecule has 106 valence electrons. The molecule has 1 heterocycles. The summed E-state index contributed by atoms with van der Waals surface area (Å²) in [5.41, 5.74) is 2.55. The van der Waals surface area contributed by atoms with Crippen molar-refractivity contribution in [2.24, 2.45) is 11.3 Å². The molecule has 0 bridgehead atoms. The summed E-state index contributed by atoms with van der Waals surface area (Å²) in [6, 6.07) is 0. The second-order valence-corrected chi connectivity index (χ2v) is 6.35. The fourth-order valence-corrected chi connectivity index (χ4v) is 3.05. The third-order valence-corrected chi connectivity index (χ3v) is 4.43. The minimum atomic E-state index is 0.172. The first kappa shape index (κ1) is 14.1. The fourth-order valence-electron chi connectivity index (χ4n) is 3.05. The second kappa shape index (κ2) is 5.76. The molecule has 1 unspecified atom stereocenters. The van der Waals surface area contributed by atoms with Crippen LogP contribution in [0.25, 0.3) is 0 Å². The summed E-state index contributed by atoms with van der Waals surface area (Å²) in [5.74, 6) is 0.439. The lowest BCUT2D eigenvalue weighted by molar-refractivity contribution is -0.127. The van der Waals surface area contributed by atoms with Gasteiger partial charge in [-0.05, 0) is 43.6 Å². The maximum atomic E-state index is 12.2. The van der Waals surface area contributed by atoms with Gasteiger partial charge in [0.2, 0.25) is 5.91 Å². The zero-order valence-electron chi connectivity index (χ0n) is 12.3. The van der Waals surface area contributed by atoms with Crippen molar-refractivity contribution < 1.29 is 4.79 Å². The summed E-state index contributed by atoms with van der Waals surface area (Å²) < 4.78 is 0. The van der Waals surface area contributed by atoms with Crippen molar-refractivity contribution in [3.05, 3.63) is 17.5 Å². The van der Waals surface area contributed by atoms with Gasteiger partial charge in [0.05, 0.1) is 6.20 Å². The van der Waals surface area contributed by atoms with E-state index in [2.05, 4.69) is 29.4 Å². The van der Waals surface area contributed by atoms with Gasteiger partial charge < -0.3 is 5.32 Å². The molecule has 1 aromatic heterocycles. The van der Waals surface area contributed by atoms with E-state index < -0.39 is 0 Å². The molecular weight excluding hydrogens is 238 g/mol. The van der Waals surface area contributed by atoms with Crippen LogP contribution in [0.5, 0.6) is 0 Å². The Morgan fingerprint density at radius 1 is 1.58 bits per heavy atom. The first-order chi connectivity index (χ1) is 9.00. The van der Waals surface area contributed by atoms with Crippen molar-refractivity contribution in [2.45, 2.75) is 52.9 Å². The van der Waals surface area contributed by atoms with Crippen LogP contribution in [0.2, 0.25) is 0 Å². The SMILES string of the molecule is Cc1[nH]ncc1CCCNC(=O)C1CCCC1(C)C. The molecule has 2 N–H and O–H groups in total. The average molecular weight is 263 g/mol. The topological polar surface area (TPSA) is 57.8 Å². The molecule has 1 atom stereocenters. The molecule has 4 heteroatoms. The van der Waals surface area contributed by atoms with Crippen LogP contribution in [0, 0.1) is 18.3 Å². The third kappa shape index (κ3) is 3.37. The number of nitrogens with zero attached hydrogens (tertiary/aromatic N) is 1. The monoisotopic (exact) mass is 263 g/mol. The van der Waals surface area contributed by atoms with E-state index in [0.717, 1.165) is 31.5 Å². The number of nitrogens with one attached hydrogen (secondary N) is 2. The number of hydrogen-bond acceptors (Lipinski definition) is 2. The number of H-pyrrole nitrogens is 1. The van der Waals surface area contributed by atoms with Crippen LogP contribution in [-0.2, 0) is 11.2 Å². The number of amides is 1. The molecule has 1 saturated carbocycles. The van der Waals surface area contributed by atoms with E-state index in [1.165, 1.54) is 18.4 Å². The number of carbonyl (C=O) groups is 1. The van der Waals surface area contributed by atoms with Crippen molar-refractivity contribution in [1.29, 1.82) is 0 Å². The van der Waals surface area contributed by atoms with Crippen LogP contribution in [0.4, 0.5) is 0 Å². The molecule has 1 aliphatic rings. The van der Waals surface area contributed by atoms with Crippen LogP contribution in [-0.4, -0.2) is 22.6 Å². The Bertz CT molecular complexity index is 436. The third-order valence-electron chi connectivity index (χ3n) is 4.43. The van der Waals surface area contributed by atoms with Crippen molar-refractivity contribution in [1.82, 2.24) is 15.5 Å². The van der Waals surface area contributed by atoms with E-state index in [-0.39, 0.29) is 17.2 Å². The Labute approximate surface area is 115 Å². The highest BCUT2D eigenvalue weighted by Crippen LogP contribution is 2.42. The number of aryl methyl sites for hydroxylation is 2. The van der Waals surface area contributed by atoms with Crippen LogP contribution >= 0.6 is 0 Å². The van der Waals surface area contributed by atoms with Gasteiger partial charge >= 0.3 is 0 Å². The summed E-state index contributed by atoms with van der Waals surface area (Å²) in [7, 11) is 0. The van der Waals surface area contributed by atoms with Gasteiger partial charge in [0.25, 0.3) is 0 Å². The summed E-state index contributed by atoms with van der Waals surface area (Å²) in [5, 5.41) is 10.0. The molecule has 1 aromatic rings. The van der Waals surface area contributed by atoms with Crippen molar-refractivity contribution in [2.75, 3.05) is 6.54 Å². The predicted octanol–water partition coefficient (Wildman–Crippen LogP) is 2.59. The smallest absolute Gasteiger partial charge is 0.223 e. The maximum Gasteiger partial charge on any atom is 0.223 e. The Morgan fingerprint density at radius 3 is 2.95 bits per heavy atom. The second-order valence-electron chi connectivity index (χ2n) is 6.35. The Balaban J connectivity index is 1.71. The molecule has 1 fully saturated rings. The fraction of sp³-hybridized carbons (Fsp3) is 0.733. The highest BCUT2D eigenvalue weighted by Gasteiger charge is 2.38. The van der Waals surface area contributed by atoms with E-state index in [4.69, 9.17) is 0 Å². The van der Waals surface area contributed by atoms with Gasteiger partial charge in [-0.1, -0.05) is 20.3 Å². The lowest BCUT2D eigenvalue weighted by Gasteiger charge is -2.25. The van der Waals surface area contributed by atoms with Crippen LogP contribution in [0.3, 0.4) is 0 Å². The summed E-state index contributed by atoms with van der Waals surface area (Å²) in [6.45, 7) is 7.20. The molecule has 1 amide bonds. The van der Waals surface area contributed by atoms with E-state index >= 15 is 0 Å². The van der Waals surface area contributed by atoms with E-state index in [0.29, 0.717) is 0 Å². The van der Waals surface area contributed by atoms with Gasteiger partial charge in [0.15, 0.2) is 0 Å². The van der Waals surface area contributed by atoms with E-state index in [9.17, 15) is 4.79 Å². The van der Waals surface area contributed by atoms with Gasteiger partial charge in [-0.25, -0.2) is 0 Å². The average Bonchev–Trinajstić information content (AvgIpc) is 2.90. The number of hydrogen-bond donors (Lipinski definition) is 2. The van der Waals surface area contributed by atoms with E-state index in [1.54, 1.807) is 0 Å². The maximum absolute atomic E-state index is 12.2. The standard InChI is InChI=1S/C15H25N3O/c1-11-12(10-17-18-11)6-5-9-16-14(19)13-7-4-8-15(13,2)3/h10,13H,4-9H2,1-3H3,(H,16,19)(H,17,18). The molecule has 0 radical (unpaired) electrons. The number of aromatic amines is 1. The molecule has 0 aliphatic heterocycles. The lowest BCUT2D eigenvalue weighted by Crippen LogP contribution is -2.36. The first-order valence-corrected chi connectivity index (χ1v) is 7.27. The highest BCUT2D eigenvalue weighted by molar-refractivity contribution is 5.79. The molecule has 1 aliphatic carbocycles. The molecular formula is C15H25N3O. The molecule has 2 rings (SSSR count). The molecule has 0 aromatic carbocycles. The largest absolute Gasteiger partial charge is 0.356 e. The Morgan fingerprint density at radius 2 is 2.37 bits per heavy atom. The van der Waals surface area contributed by atoms with Crippen molar-refractivity contribution in [3.63, 3.8) is 0 Å². The Hall–Kier alpha value is -1.32. The van der Waals surface area contributed by atoms with Crippen molar-refractivity contribution >= 4 is 5.91 Å². The lowest BCUT2D eigenvalue weighted by atomic mass is 9.81. The molecule has 19 heavy (non-hydrogen) atoms. The van der Waals surface area contributed by atoms with Gasteiger partial charge in [-0.3, -0.25) is 9.89 Å². The predicted molar refractivity (Wildman–Crippen MR) is 75.8 cm³/mol. The van der Waals surface area contributed by atoms with Crippen LogP contribution in [0.15, 0.2) is 6.20 Å². The molecule has 0 spiro atoms. The van der Waals surface area contributed by atoms with Crippen LogP contribution in [0.1, 0.15) is 50.8 Å². The quantitative estimate of drug-likeness (QED) is 0.802. The van der Waals surface area contributed by atoms with Gasteiger partial charge in [-0.15, -0.1) is 0 Å². The van der Waals surface area contributed by atoms with Gasteiger partial charge in [0.1, 0.15) is 0 Å².